The maximum absolute atomic E-state index is 13.3. The van der Waals surface area contributed by atoms with Gasteiger partial charge in [0, 0.05) is 16.3 Å². The Morgan fingerprint density at radius 1 is 0.941 bits per heavy atom. The normalized spacial score (nSPS) is 17.4. The molecule has 0 spiro atoms. The number of nitrogens with zero attached hydrogens (tertiary/aromatic N) is 1. The average molecular weight is 474 g/mol. The first-order valence-electron chi connectivity index (χ1n) is 11.7. The van der Waals surface area contributed by atoms with E-state index >= 15 is 0 Å². The number of halogens is 1. The molecule has 0 aliphatic carbocycles. The SMILES string of the molecule is CCCCc1ccc(N2C(=O)C(=O)/C(=C(\O)c3cccc(Cl)c3)C2c2ccc(CC)cc2)cc1. The third-order valence-corrected chi connectivity index (χ3v) is 6.51. The molecule has 1 fully saturated rings. The van der Waals surface area contributed by atoms with Crippen molar-refractivity contribution in [3.63, 3.8) is 0 Å². The molecule has 1 saturated heterocycles. The van der Waals surface area contributed by atoms with Crippen LogP contribution in [-0.2, 0) is 22.4 Å². The van der Waals surface area contributed by atoms with E-state index in [0.29, 0.717) is 16.3 Å². The van der Waals surface area contributed by atoms with Gasteiger partial charge in [0.05, 0.1) is 11.6 Å². The highest BCUT2D eigenvalue weighted by Crippen LogP contribution is 2.42. The third-order valence-electron chi connectivity index (χ3n) is 6.28. The second-order valence-electron chi connectivity index (χ2n) is 8.54. The Bertz CT molecular complexity index is 1230. The van der Waals surface area contributed by atoms with Gasteiger partial charge in [-0.1, -0.05) is 80.4 Å². The number of anilines is 1. The minimum absolute atomic E-state index is 0.0616. The molecule has 0 aromatic heterocycles. The van der Waals surface area contributed by atoms with Gasteiger partial charge in [-0.3, -0.25) is 14.5 Å². The molecule has 3 aromatic carbocycles. The summed E-state index contributed by atoms with van der Waals surface area (Å²) in [4.78, 5) is 28.0. The minimum atomic E-state index is -0.744. The number of aliphatic hydroxyl groups excluding tert-OH is 1. The summed E-state index contributed by atoms with van der Waals surface area (Å²) in [6.45, 7) is 4.22. The lowest BCUT2D eigenvalue weighted by Gasteiger charge is -2.26. The summed E-state index contributed by atoms with van der Waals surface area (Å²) in [5, 5.41) is 11.6. The zero-order valence-corrected chi connectivity index (χ0v) is 20.2. The van der Waals surface area contributed by atoms with Crippen LogP contribution >= 0.6 is 11.6 Å². The predicted molar refractivity (Wildman–Crippen MR) is 137 cm³/mol. The zero-order valence-electron chi connectivity index (χ0n) is 19.4. The van der Waals surface area contributed by atoms with Gasteiger partial charge in [-0.05, 0) is 60.2 Å². The number of rotatable bonds is 7. The summed E-state index contributed by atoms with van der Waals surface area (Å²) in [5.74, 6) is -1.60. The van der Waals surface area contributed by atoms with Crippen molar-refractivity contribution in [3.8, 4) is 0 Å². The maximum atomic E-state index is 13.3. The summed E-state index contributed by atoms with van der Waals surface area (Å²) in [6.07, 6.45) is 4.04. The van der Waals surface area contributed by atoms with Crippen LogP contribution in [-0.4, -0.2) is 16.8 Å². The number of ketones is 1. The number of unbranched alkanes of at least 4 members (excludes halogenated alkanes) is 1. The number of carbonyl (C=O) groups is 2. The van der Waals surface area contributed by atoms with Crippen molar-refractivity contribution in [2.75, 3.05) is 4.90 Å². The quantitative estimate of drug-likeness (QED) is 0.231. The van der Waals surface area contributed by atoms with Crippen LogP contribution in [0, 0.1) is 0 Å². The van der Waals surface area contributed by atoms with E-state index in [1.165, 1.54) is 10.5 Å². The molecule has 3 aromatic rings. The van der Waals surface area contributed by atoms with Gasteiger partial charge < -0.3 is 5.11 Å². The number of carbonyl (C=O) groups excluding carboxylic acids is 2. The number of aryl methyl sites for hydroxylation is 2. The highest BCUT2D eigenvalue weighted by molar-refractivity contribution is 6.51. The molecular formula is C29H28ClNO3. The molecule has 4 nitrogen and oxygen atoms in total. The largest absolute Gasteiger partial charge is 0.507 e. The molecule has 1 heterocycles. The van der Waals surface area contributed by atoms with Gasteiger partial charge >= 0.3 is 0 Å². The minimum Gasteiger partial charge on any atom is -0.507 e. The zero-order chi connectivity index (χ0) is 24.2. The molecule has 34 heavy (non-hydrogen) atoms. The number of Topliss-reactive ketones (excluding diaryl/α,β-unsaturated/α-hetero) is 1. The number of aliphatic hydroxyl groups is 1. The summed E-state index contributed by atoms with van der Waals surface area (Å²) in [6, 6.07) is 21.5. The molecule has 174 valence electrons. The first-order valence-corrected chi connectivity index (χ1v) is 12.1. The van der Waals surface area contributed by atoms with E-state index in [-0.39, 0.29) is 11.3 Å². The smallest absolute Gasteiger partial charge is 0.300 e. The molecule has 1 aliphatic rings. The van der Waals surface area contributed by atoms with Crippen molar-refractivity contribution in [3.05, 3.63) is 106 Å². The predicted octanol–water partition coefficient (Wildman–Crippen LogP) is 6.87. The number of amides is 1. The van der Waals surface area contributed by atoms with Crippen molar-refractivity contribution in [2.45, 2.75) is 45.6 Å². The monoisotopic (exact) mass is 473 g/mol. The standard InChI is InChI=1S/C29H28ClNO3/c1-3-5-7-20-12-16-24(17-13-20)31-26(21-14-10-19(4-2)11-15-21)25(28(33)29(31)34)27(32)22-8-6-9-23(30)18-22/h6,8-18,26,32H,3-5,7H2,1-2H3/b27-25-. The molecule has 1 unspecified atom stereocenters. The van der Waals surface area contributed by atoms with Gasteiger partial charge in [-0.15, -0.1) is 0 Å². The van der Waals surface area contributed by atoms with Gasteiger partial charge in [0.25, 0.3) is 11.7 Å². The van der Waals surface area contributed by atoms with E-state index in [0.717, 1.165) is 36.8 Å². The number of hydrogen-bond donors (Lipinski definition) is 1. The van der Waals surface area contributed by atoms with Gasteiger partial charge in [-0.2, -0.15) is 0 Å². The van der Waals surface area contributed by atoms with E-state index in [1.807, 2.05) is 48.5 Å². The van der Waals surface area contributed by atoms with E-state index < -0.39 is 17.7 Å². The van der Waals surface area contributed by atoms with Crippen LogP contribution in [0.25, 0.3) is 5.76 Å². The van der Waals surface area contributed by atoms with Gasteiger partial charge in [-0.25, -0.2) is 0 Å². The van der Waals surface area contributed by atoms with E-state index in [2.05, 4.69) is 13.8 Å². The van der Waals surface area contributed by atoms with Crippen LogP contribution in [0.2, 0.25) is 5.02 Å². The number of benzene rings is 3. The Hall–Kier alpha value is -3.37. The molecule has 0 bridgehead atoms. The lowest BCUT2D eigenvalue weighted by Crippen LogP contribution is -2.29. The van der Waals surface area contributed by atoms with E-state index in [9.17, 15) is 14.7 Å². The summed E-state index contributed by atoms with van der Waals surface area (Å²) in [7, 11) is 0. The molecule has 0 saturated carbocycles. The third kappa shape index (κ3) is 4.64. The van der Waals surface area contributed by atoms with Crippen LogP contribution in [0.4, 0.5) is 5.69 Å². The van der Waals surface area contributed by atoms with Crippen molar-refractivity contribution in [1.29, 1.82) is 0 Å². The maximum Gasteiger partial charge on any atom is 0.300 e. The van der Waals surface area contributed by atoms with Gasteiger partial charge in [0.15, 0.2) is 0 Å². The van der Waals surface area contributed by atoms with Crippen LogP contribution in [0.3, 0.4) is 0 Å². The first kappa shape index (κ1) is 23.8. The van der Waals surface area contributed by atoms with Gasteiger partial charge in [0.1, 0.15) is 5.76 Å². The van der Waals surface area contributed by atoms with Crippen molar-refractivity contribution >= 4 is 34.7 Å². The van der Waals surface area contributed by atoms with Crippen molar-refractivity contribution in [1.82, 2.24) is 0 Å². The van der Waals surface area contributed by atoms with Crippen molar-refractivity contribution in [2.24, 2.45) is 0 Å². The Morgan fingerprint density at radius 2 is 1.62 bits per heavy atom. The highest BCUT2D eigenvalue weighted by atomic mass is 35.5. The van der Waals surface area contributed by atoms with Crippen LogP contribution < -0.4 is 4.90 Å². The highest BCUT2D eigenvalue weighted by Gasteiger charge is 2.46. The molecule has 1 aliphatic heterocycles. The molecule has 4 rings (SSSR count). The fraction of sp³-hybridized carbons (Fsp3) is 0.241. The fourth-order valence-electron chi connectivity index (χ4n) is 4.35. The molecule has 0 radical (unpaired) electrons. The summed E-state index contributed by atoms with van der Waals surface area (Å²) in [5.41, 5.74) is 4.18. The second kappa shape index (κ2) is 10.3. The Kier molecular flexibility index (Phi) is 7.18. The molecule has 1 N–H and O–H groups in total. The Morgan fingerprint density at radius 3 is 2.24 bits per heavy atom. The average Bonchev–Trinajstić information content (AvgIpc) is 3.13. The first-order chi connectivity index (χ1) is 16.4. The summed E-state index contributed by atoms with van der Waals surface area (Å²) < 4.78 is 0. The Labute approximate surface area is 205 Å². The number of hydrogen-bond acceptors (Lipinski definition) is 3. The topological polar surface area (TPSA) is 57.6 Å². The fourth-order valence-corrected chi connectivity index (χ4v) is 4.54. The second-order valence-corrected chi connectivity index (χ2v) is 8.98. The molecule has 1 atom stereocenters. The Balaban J connectivity index is 1.85. The van der Waals surface area contributed by atoms with Gasteiger partial charge in [0.2, 0.25) is 0 Å². The molecule has 1 amide bonds. The van der Waals surface area contributed by atoms with E-state index in [1.54, 1.807) is 24.3 Å². The van der Waals surface area contributed by atoms with E-state index in [4.69, 9.17) is 11.6 Å². The van der Waals surface area contributed by atoms with Crippen LogP contribution in [0.5, 0.6) is 0 Å². The van der Waals surface area contributed by atoms with Crippen LogP contribution in [0.15, 0.2) is 78.4 Å². The lowest BCUT2D eigenvalue weighted by atomic mass is 9.94. The molecule has 5 heteroatoms. The summed E-state index contributed by atoms with van der Waals surface area (Å²) >= 11 is 6.13. The lowest BCUT2D eigenvalue weighted by molar-refractivity contribution is -0.132. The van der Waals surface area contributed by atoms with Crippen molar-refractivity contribution < 1.29 is 14.7 Å². The van der Waals surface area contributed by atoms with Crippen LogP contribution in [0.1, 0.15) is 55.0 Å². The molecular weight excluding hydrogens is 446 g/mol.